The number of benzene rings is 2. The van der Waals surface area contributed by atoms with Gasteiger partial charge in [-0.25, -0.2) is 15.0 Å². The number of hydrogen-bond donors (Lipinski definition) is 3. The topological polar surface area (TPSA) is 91.2 Å². The Balaban J connectivity index is 1.41. The third kappa shape index (κ3) is 5.55. The first-order valence-electron chi connectivity index (χ1n) is 11.5. The van der Waals surface area contributed by atoms with Crippen molar-refractivity contribution in [2.75, 3.05) is 5.32 Å². The molecule has 5 rings (SSSR count). The van der Waals surface area contributed by atoms with Crippen LogP contribution in [0.25, 0.3) is 10.2 Å². The number of nitrogens with one attached hydrogen (secondary N) is 1. The van der Waals surface area contributed by atoms with Gasteiger partial charge in [-0.2, -0.15) is 0 Å². The molecule has 0 aliphatic heterocycles. The van der Waals surface area contributed by atoms with Crippen molar-refractivity contribution in [3.8, 4) is 0 Å². The van der Waals surface area contributed by atoms with Crippen LogP contribution < -0.4 is 5.32 Å². The number of thiazole rings is 1. The van der Waals surface area contributed by atoms with E-state index in [1.807, 2.05) is 36.4 Å². The summed E-state index contributed by atoms with van der Waals surface area (Å²) >= 11 is 1.64. The van der Waals surface area contributed by atoms with Gasteiger partial charge in [-0.15, -0.1) is 11.3 Å². The van der Waals surface area contributed by atoms with E-state index in [2.05, 4.69) is 23.5 Å². The molecule has 170 valence electrons. The first-order chi connectivity index (χ1) is 16.1. The van der Waals surface area contributed by atoms with E-state index >= 15 is 0 Å². The minimum atomic E-state index is -0.186. The SMILES string of the molecule is OCc1ccc2nc(Cc3cc(Cc4ccccc4)nc(NC4CCC(O)CC4)n3)sc2c1. The van der Waals surface area contributed by atoms with Crippen LogP contribution in [0.2, 0.25) is 0 Å². The lowest BCUT2D eigenvalue weighted by molar-refractivity contribution is 0.126. The van der Waals surface area contributed by atoms with Crippen LogP contribution in [0.1, 0.15) is 53.2 Å². The maximum absolute atomic E-state index is 9.82. The van der Waals surface area contributed by atoms with E-state index in [9.17, 15) is 10.2 Å². The van der Waals surface area contributed by atoms with Crippen molar-refractivity contribution in [1.29, 1.82) is 0 Å². The molecule has 0 amide bonds. The number of hydrogen-bond acceptors (Lipinski definition) is 7. The number of rotatable bonds is 7. The Morgan fingerprint density at radius 2 is 1.61 bits per heavy atom. The number of nitrogens with zero attached hydrogens (tertiary/aromatic N) is 3. The first-order valence-corrected chi connectivity index (χ1v) is 12.3. The standard InChI is InChI=1S/C26H28N4O2S/c31-16-18-6-11-23-24(13-18)33-25(30-23)15-21-14-20(12-17-4-2-1-3-5-17)28-26(29-21)27-19-7-9-22(32)10-8-19/h1-6,11,13-14,19,22,31-32H,7-10,12,15-16H2,(H,27,28,29). The molecule has 33 heavy (non-hydrogen) atoms. The number of fused-ring (bicyclic) bond motifs is 1. The molecule has 0 spiro atoms. The van der Waals surface area contributed by atoms with Gasteiger partial charge < -0.3 is 15.5 Å². The molecular formula is C26H28N4O2S. The molecule has 1 aliphatic carbocycles. The van der Waals surface area contributed by atoms with Gasteiger partial charge in [-0.3, -0.25) is 0 Å². The maximum Gasteiger partial charge on any atom is 0.223 e. The van der Waals surface area contributed by atoms with Crippen LogP contribution in [0.3, 0.4) is 0 Å². The number of aliphatic hydroxyl groups is 2. The molecule has 0 atom stereocenters. The Morgan fingerprint density at radius 1 is 0.848 bits per heavy atom. The van der Waals surface area contributed by atoms with Gasteiger partial charge >= 0.3 is 0 Å². The van der Waals surface area contributed by atoms with Crippen LogP contribution in [-0.4, -0.2) is 37.3 Å². The van der Waals surface area contributed by atoms with Gasteiger partial charge in [0.25, 0.3) is 0 Å². The summed E-state index contributed by atoms with van der Waals surface area (Å²) in [7, 11) is 0. The molecule has 3 N–H and O–H groups in total. The third-order valence-corrected chi connectivity index (χ3v) is 7.12. The maximum atomic E-state index is 9.82. The van der Waals surface area contributed by atoms with Crippen LogP contribution in [0.5, 0.6) is 0 Å². The molecule has 0 radical (unpaired) electrons. The predicted octanol–water partition coefficient (Wildman–Crippen LogP) is 4.48. The zero-order chi connectivity index (χ0) is 22.6. The Labute approximate surface area is 197 Å². The Bertz CT molecular complexity index is 1220. The second kappa shape index (κ2) is 9.95. The fourth-order valence-electron chi connectivity index (χ4n) is 4.35. The van der Waals surface area contributed by atoms with Crippen LogP contribution in [0.4, 0.5) is 5.95 Å². The molecule has 7 heteroatoms. The van der Waals surface area contributed by atoms with Gasteiger partial charge in [0, 0.05) is 18.9 Å². The molecule has 1 aliphatic rings. The Kier molecular flexibility index (Phi) is 6.62. The molecule has 2 aromatic heterocycles. The summed E-state index contributed by atoms with van der Waals surface area (Å²) in [5, 5.41) is 23.8. The van der Waals surface area contributed by atoms with Crippen LogP contribution >= 0.6 is 11.3 Å². The highest BCUT2D eigenvalue weighted by Crippen LogP contribution is 2.26. The number of anilines is 1. The summed E-state index contributed by atoms with van der Waals surface area (Å²) in [6.07, 6.45) is 4.67. The second-order valence-corrected chi connectivity index (χ2v) is 9.85. The second-order valence-electron chi connectivity index (χ2n) is 8.73. The smallest absolute Gasteiger partial charge is 0.223 e. The highest BCUT2D eigenvalue weighted by molar-refractivity contribution is 7.18. The minimum absolute atomic E-state index is 0.0329. The fraction of sp³-hybridized carbons (Fsp3) is 0.346. The van der Waals surface area contributed by atoms with Crippen LogP contribution in [0, 0.1) is 0 Å². The van der Waals surface area contributed by atoms with Crippen molar-refractivity contribution in [2.45, 2.75) is 57.3 Å². The molecular weight excluding hydrogens is 432 g/mol. The van der Waals surface area contributed by atoms with E-state index in [4.69, 9.17) is 15.0 Å². The molecule has 0 saturated heterocycles. The molecule has 0 unspecified atom stereocenters. The van der Waals surface area contributed by atoms with Crippen molar-refractivity contribution in [2.24, 2.45) is 0 Å². The van der Waals surface area contributed by atoms with E-state index in [0.29, 0.717) is 12.4 Å². The van der Waals surface area contributed by atoms with Crippen molar-refractivity contribution in [1.82, 2.24) is 15.0 Å². The van der Waals surface area contributed by atoms with Crippen LogP contribution in [0.15, 0.2) is 54.6 Å². The Hall–Kier alpha value is -2.87. The highest BCUT2D eigenvalue weighted by Gasteiger charge is 2.20. The Morgan fingerprint density at radius 3 is 2.36 bits per heavy atom. The lowest BCUT2D eigenvalue weighted by Crippen LogP contribution is -2.29. The zero-order valence-corrected chi connectivity index (χ0v) is 19.3. The molecule has 2 aromatic carbocycles. The lowest BCUT2D eigenvalue weighted by atomic mass is 9.93. The predicted molar refractivity (Wildman–Crippen MR) is 132 cm³/mol. The summed E-state index contributed by atoms with van der Waals surface area (Å²) in [6, 6.07) is 18.6. The van der Waals surface area contributed by atoms with E-state index in [1.165, 1.54) is 5.56 Å². The van der Waals surface area contributed by atoms with Crippen molar-refractivity contribution in [3.63, 3.8) is 0 Å². The van der Waals surface area contributed by atoms with Gasteiger partial charge in [-0.05, 0) is 55.0 Å². The summed E-state index contributed by atoms with van der Waals surface area (Å²) in [5.74, 6) is 0.656. The lowest BCUT2D eigenvalue weighted by Gasteiger charge is -2.26. The summed E-state index contributed by atoms with van der Waals surface area (Å²) in [6.45, 7) is 0.0329. The highest BCUT2D eigenvalue weighted by atomic mass is 32.1. The average Bonchev–Trinajstić information content (AvgIpc) is 3.22. The third-order valence-electron chi connectivity index (χ3n) is 6.10. The van der Waals surface area contributed by atoms with Gasteiger partial charge in [-0.1, -0.05) is 36.4 Å². The van der Waals surface area contributed by atoms with Crippen molar-refractivity contribution < 1.29 is 10.2 Å². The van der Waals surface area contributed by atoms with E-state index in [1.54, 1.807) is 11.3 Å². The van der Waals surface area contributed by atoms with Gasteiger partial charge in [0.15, 0.2) is 0 Å². The fourth-order valence-corrected chi connectivity index (χ4v) is 5.40. The summed E-state index contributed by atoms with van der Waals surface area (Å²) in [5.41, 5.74) is 4.98. The van der Waals surface area contributed by atoms with Crippen molar-refractivity contribution >= 4 is 27.5 Å². The number of aromatic nitrogens is 3. The molecule has 6 nitrogen and oxygen atoms in total. The van der Waals surface area contributed by atoms with E-state index < -0.39 is 0 Å². The zero-order valence-electron chi connectivity index (χ0n) is 18.4. The first kappa shape index (κ1) is 21.9. The average molecular weight is 461 g/mol. The molecule has 0 bridgehead atoms. The van der Waals surface area contributed by atoms with Crippen LogP contribution in [-0.2, 0) is 19.4 Å². The van der Waals surface area contributed by atoms with Crippen molar-refractivity contribution in [3.05, 3.63) is 82.1 Å². The van der Waals surface area contributed by atoms with Gasteiger partial charge in [0.2, 0.25) is 5.95 Å². The summed E-state index contributed by atoms with van der Waals surface area (Å²) < 4.78 is 1.08. The quantitative estimate of drug-likeness (QED) is 0.377. The van der Waals surface area contributed by atoms with Gasteiger partial charge in [0.05, 0.1) is 39.3 Å². The molecule has 4 aromatic rings. The number of aliphatic hydroxyl groups excluding tert-OH is 2. The van der Waals surface area contributed by atoms with Gasteiger partial charge in [0.1, 0.15) is 0 Å². The van der Waals surface area contributed by atoms with E-state index in [0.717, 1.165) is 64.3 Å². The minimum Gasteiger partial charge on any atom is -0.393 e. The van der Waals surface area contributed by atoms with E-state index in [-0.39, 0.29) is 18.8 Å². The molecule has 1 fully saturated rings. The largest absolute Gasteiger partial charge is 0.393 e. The monoisotopic (exact) mass is 460 g/mol. The molecule has 1 saturated carbocycles. The summed E-state index contributed by atoms with van der Waals surface area (Å²) in [4.78, 5) is 14.4. The normalized spacial score (nSPS) is 18.5. The molecule has 2 heterocycles.